The zero-order valence-electron chi connectivity index (χ0n) is 9.64. The van der Waals surface area contributed by atoms with Crippen LogP contribution in [0.4, 0.5) is 0 Å². The Morgan fingerprint density at radius 3 is 1.86 bits per heavy atom. The fourth-order valence-corrected chi connectivity index (χ4v) is 2.18. The molecule has 0 rings (SSSR count). The van der Waals surface area contributed by atoms with Gasteiger partial charge in [-0.3, -0.25) is 0 Å². The lowest BCUT2D eigenvalue weighted by Gasteiger charge is -2.10. The summed E-state index contributed by atoms with van der Waals surface area (Å²) in [6, 6.07) is 0. The zero-order valence-corrected chi connectivity index (χ0v) is 10.8. The molecule has 0 heterocycles. The highest BCUT2D eigenvalue weighted by molar-refractivity contribution is 6.54. The van der Waals surface area contributed by atoms with Crippen molar-refractivity contribution < 1.29 is 8.85 Å². The summed E-state index contributed by atoms with van der Waals surface area (Å²) in [6.07, 6.45) is 4.53. The van der Waals surface area contributed by atoms with Crippen LogP contribution in [0.25, 0.3) is 0 Å². The Labute approximate surface area is 89.8 Å². The molecule has 0 amide bonds. The molecule has 0 unspecified atom stereocenters. The largest absolute Gasteiger partial charge is 0.407 e. The predicted molar refractivity (Wildman–Crippen MR) is 62.3 cm³/mol. The van der Waals surface area contributed by atoms with E-state index >= 15 is 0 Å². The molecule has 0 aliphatic carbocycles. The van der Waals surface area contributed by atoms with E-state index in [1.165, 1.54) is 0 Å². The lowest BCUT2D eigenvalue weighted by atomic mass is 10.4. The van der Waals surface area contributed by atoms with E-state index in [4.69, 9.17) is 8.85 Å². The quantitative estimate of drug-likeness (QED) is 0.351. The molecule has 0 fully saturated rings. The van der Waals surface area contributed by atoms with Crippen molar-refractivity contribution in [3.8, 4) is 11.5 Å². The second kappa shape index (κ2) is 10.8. The maximum absolute atomic E-state index is 5.61. The van der Waals surface area contributed by atoms with Crippen LogP contribution < -0.4 is 0 Å². The van der Waals surface area contributed by atoms with Gasteiger partial charge in [-0.05, 0) is 19.8 Å². The summed E-state index contributed by atoms with van der Waals surface area (Å²) in [5.41, 5.74) is 3.04. The summed E-state index contributed by atoms with van der Waals surface area (Å²) in [6.45, 7) is 7.75. The van der Waals surface area contributed by atoms with Crippen LogP contribution in [0.15, 0.2) is 0 Å². The minimum absolute atomic E-state index is 0.800. The molecule has 0 bridgehead atoms. The molecule has 82 valence electrons. The number of hydrogen-bond donors (Lipinski definition) is 0. The smallest absolute Gasteiger partial charge is 0.388 e. The van der Waals surface area contributed by atoms with Crippen molar-refractivity contribution in [3.05, 3.63) is 0 Å². The van der Waals surface area contributed by atoms with E-state index in [-0.39, 0.29) is 0 Å². The summed E-state index contributed by atoms with van der Waals surface area (Å²) in [5.74, 6) is 2.88. The van der Waals surface area contributed by atoms with Crippen LogP contribution in [0, 0.1) is 11.5 Å². The Morgan fingerprint density at radius 1 is 1.00 bits per heavy atom. The van der Waals surface area contributed by atoms with Gasteiger partial charge in [0.05, 0.1) is 0 Å². The van der Waals surface area contributed by atoms with Gasteiger partial charge in [-0.15, -0.1) is 5.92 Å². The van der Waals surface area contributed by atoms with Crippen molar-refractivity contribution in [1.29, 1.82) is 0 Å². The average molecular weight is 214 g/mol. The molecule has 0 saturated heterocycles. The van der Waals surface area contributed by atoms with Gasteiger partial charge in [0.25, 0.3) is 0 Å². The summed E-state index contributed by atoms with van der Waals surface area (Å²) in [5, 5.41) is 0. The van der Waals surface area contributed by atoms with E-state index in [1.54, 1.807) is 0 Å². The molecule has 0 atom stereocenters. The molecule has 0 N–H and O–H groups in total. The molecule has 2 nitrogen and oxygen atoms in total. The maximum atomic E-state index is 5.61. The van der Waals surface area contributed by atoms with Gasteiger partial charge in [0.15, 0.2) is 0 Å². The Kier molecular flexibility index (Phi) is 10.5. The van der Waals surface area contributed by atoms with Gasteiger partial charge < -0.3 is 8.85 Å². The molecule has 0 aliphatic heterocycles. The first-order valence-electron chi connectivity index (χ1n) is 5.50. The van der Waals surface area contributed by atoms with Gasteiger partial charge in [0.2, 0.25) is 0 Å². The number of hydrogen-bond acceptors (Lipinski definition) is 2. The first-order chi connectivity index (χ1) is 6.85. The highest BCUT2D eigenvalue weighted by Crippen LogP contribution is 1.96. The highest BCUT2D eigenvalue weighted by atomic mass is 28.3. The summed E-state index contributed by atoms with van der Waals surface area (Å²) in [7, 11) is -1.66. The molecule has 0 saturated carbocycles. The average Bonchev–Trinajstić information content (AvgIpc) is 2.18. The number of unbranched alkanes of at least 4 members (excludes halogenated alkanes) is 2. The molecular formula is C11H22O2Si. The van der Waals surface area contributed by atoms with Crippen LogP contribution in [0.5, 0.6) is 0 Å². The third-order valence-electron chi connectivity index (χ3n) is 1.80. The van der Waals surface area contributed by atoms with E-state index < -0.39 is 9.28 Å². The first-order valence-corrected chi connectivity index (χ1v) is 7.02. The van der Waals surface area contributed by atoms with E-state index in [0.717, 1.165) is 38.9 Å². The molecule has 0 radical (unpaired) electrons. The Hall–Kier alpha value is -0.303. The van der Waals surface area contributed by atoms with Gasteiger partial charge in [0.1, 0.15) is 0 Å². The first kappa shape index (κ1) is 13.7. The second-order valence-corrected chi connectivity index (χ2v) is 4.79. The van der Waals surface area contributed by atoms with Crippen LogP contribution in [0.1, 0.15) is 46.5 Å². The van der Waals surface area contributed by atoms with Crippen molar-refractivity contribution in [1.82, 2.24) is 0 Å². The second-order valence-electron chi connectivity index (χ2n) is 3.17. The molecule has 14 heavy (non-hydrogen) atoms. The topological polar surface area (TPSA) is 18.5 Å². The minimum atomic E-state index is -1.66. The third-order valence-corrected chi connectivity index (χ3v) is 3.40. The van der Waals surface area contributed by atoms with Crippen LogP contribution >= 0.6 is 0 Å². The summed E-state index contributed by atoms with van der Waals surface area (Å²) in [4.78, 5) is 0. The lowest BCUT2D eigenvalue weighted by molar-refractivity contribution is 0.203. The predicted octanol–water partition coefficient (Wildman–Crippen LogP) is 2.40. The third kappa shape index (κ3) is 8.30. The molecule has 0 aromatic rings. The molecule has 0 spiro atoms. The zero-order chi connectivity index (χ0) is 10.6. The lowest BCUT2D eigenvalue weighted by Crippen LogP contribution is -2.22. The standard InChI is InChI=1S/C11H22O2Si/c1-4-7-9-12-14(11-6-3)13-10-8-5-2/h14H,4-5,7-10H2,1-3H3. The monoisotopic (exact) mass is 214 g/mol. The van der Waals surface area contributed by atoms with Crippen molar-refractivity contribution in [3.63, 3.8) is 0 Å². The Morgan fingerprint density at radius 2 is 1.50 bits per heavy atom. The highest BCUT2D eigenvalue weighted by Gasteiger charge is 2.08. The van der Waals surface area contributed by atoms with Gasteiger partial charge in [0, 0.05) is 13.2 Å². The number of rotatable bonds is 8. The van der Waals surface area contributed by atoms with E-state index in [0.29, 0.717) is 0 Å². The van der Waals surface area contributed by atoms with E-state index in [1.807, 2.05) is 6.92 Å². The SMILES string of the molecule is CC#C[SiH](OCCCC)OCCCC. The maximum Gasteiger partial charge on any atom is 0.407 e. The van der Waals surface area contributed by atoms with Crippen molar-refractivity contribution in [2.24, 2.45) is 0 Å². The normalized spacial score (nSPS) is 10.0. The van der Waals surface area contributed by atoms with E-state index in [2.05, 4.69) is 25.3 Å². The van der Waals surface area contributed by atoms with Crippen LogP contribution in [-0.4, -0.2) is 22.5 Å². The van der Waals surface area contributed by atoms with Gasteiger partial charge in [-0.1, -0.05) is 32.2 Å². The van der Waals surface area contributed by atoms with Crippen LogP contribution in [0.2, 0.25) is 0 Å². The summed E-state index contributed by atoms with van der Waals surface area (Å²) < 4.78 is 11.2. The van der Waals surface area contributed by atoms with E-state index in [9.17, 15) is 0 Å². The van der Waals surface area contributed by atoms with Crippen LogP contribution in [-0.2, 0) is 8.85 Å². The van der Waals surface area contributed by atoms with Crippen LogP contribution in [0.3, 0.4) is 0 Å². The summed E-state index contributed by atoms with van der Waals surface area (Å²) >= 11 is 0. The van der Waals surface area contributed by atoms with Gasteiger partial charge >= 0.3 is 9.28 Å². The fraction of sp³-hybridized carbons (Fsp3) is 0.818. The molecular weight excluding hydrogens is 192 g/mol. The van der Waals surface area contributed by atoms with Crippen molar-refractivity contribution in [2.45, 2.75) is 46.5 Å². The fourth-order valence-electron chi connectivity index (χ4n) is 0.919. The van der Waals surface area contributed by atoms with Gasteiger partial charge in [-0.25, -0.2) is 0 Å². The molecule has 0 aliphatic rings. The Balaban J connectivity index is 3.59. The molecule has 3 heteroatoms. The minimum Gasteiger partial charge on any atom is -0.388 e. The molecule has 0 aromatic heterocycles. The molecule has 0 aromatic carbocycles. The Bertz CT molecular complexity index is 162. The van der Waals surface area contributed by atoms with Crippen molar-refractivity contribution in [2.75, 3.05) is 13.2 Å². The van der Waals surface area contributed by atoms with Gasteiger partial charge in [-0.2, -0.15) is 0 Å². The van der Waals surface area contributed by atoms with Crippen molar-refractivity contribution >= 4 is 9.28 Å².